The Morgan fingerprint density at radius 2 is 2.44 bits per heavy atom. The fourth-order valence-electron chi connectivity index (χ4n) is 1.01. The van der Waals surface area contributed by atoms with E-state index < -0.39 is 0 Å². The monoisotopic (exact) mass is 256 g/mol. The van der Waals surface area contributed by atoms with Crippen LogP contribution < -0.4 is 5.32 Å². The first-order chi connectivity index (χ1) is 7.88. The van der Waals surface area contributed by atoms with Gasteiger partial charge in [0, 0.05) is 6.54 Å². The first-order valence-electron chi connectivity index (χ1n) is 4.93. The van der Waals surface area contributed by atoms with Crippen molar-refractivity contribution < 1.29 is 0 Å². The SMILES string of the molecule is CCCNc1nnc(CSc2ncn[nH]2)s1. The van der Waals surface area contributed by atoms with E-state index in [2.05, 4.69) is 37.6 Å². The molecule has 0 aliphatic rings. The van der Waals surface area contributed by atoms with Gasteiger partial charge in [-0.1, -0.05) is 30.0 Å². The first-order valence-corrected chi connectivity index (χ1v) is 6.73. The highest BCUT2D eigenvalue weighted by Gasteiger charge is 2.05. The second kappa shape index (κ2) is 5.80. The molecule has 0 amide bonds. The Balaban J connectivity index is 1.83. The Hall–Kier alpha value is -1.15. The fraction of sp³-hybridized carbons (Fsp3) is 0.500. The van der Waals surface area contributed by atoms with Crippen molar-refractivity contribution in [3.05, 3.63) is 11.3 Å². The second-order valence-corrected chi connectivity index (χ2v) is 5.03. The van der Waals surface area contributed by atoms with Gasteiger partial charge in [0.1, 0.15) is 11.3 Å². The van der Waals surface area contributed by atoms with Crippen LogP contribution in [-0.4, -0.2) is 31.9 Å². The third-order valence-corrected chi connectivity index (χ3v) is 3.67. The summed E-state index contributed by atoms with van der Waals surface area (Å²) in [6, 6.07) is 0. The summed E-state index contributed by atoms with van der Waals surface area (Å²) in [6.45, 7) is 3.05. The maximum absolute atomic E-state index is 4.09. The summed E-state index contributed by atoms with van der Waals surface area (Å²) >= 11 is 3.15. The van der Waals surface area contributed by atoms with Crippen LogP contribution in [0.15, 0.2) is 11.5 Å². The molecule has 2 N–H and O–H groups in total. The summed E-state index contributed by atoms with van der Waals surface area (Å²) < 4.78 is 0. The van der Waals surface area contributed by atoms with E-state index in [1.807, 2.05) is 0 Å². The molecular weight excluding hydrogens is 244 g/mol. The lowest BCUT2D eigenvalue weighted by atomic mass is 10.5. The van der Waals surface area contributed by atoms with Crippen molar-refractivity contribution in [3.8, 4) is 0 Å². The van der Waals surface area contributed by atoms with Crippen molar-refractivity contribution in [1.82, 2.24) is 25.4 Å². The minimum atomic E-state index is 0.765. The van der Waals surface area contributed by atoms with Gasteiger partial charge in [0.05, 0.1) is 5.75 Å². The lowest BCUT2D eigenvalue weighted by Gasteiger charge is -1.95. The molecule has 2 aromatic rings. The number of rotatable bonds is 6. The molecule has 8 heteroatoms. The van der Waals surface area contributed by atoms with Crippen molar-refractivity contribution in [2.75, 3.05) is 11.9 Å². The van der Waals surface area contributed by atoms with E-state index >= 15 is 0 Å². The summed E-state index contributed by atoms with van der Waals surface area (Å²) in [5, 5.41) is 20.6. The molecule has 0 saturated heterocycles. The summed E-state index contributed by atoms with van der Waals surface area (Å²) in [7, 11) is 0. The Bertz CT molecular complexity index is 412. The van der Waals surface area contributed by atoms with Crippen LogP contribution in [0.4, 0.5) is 5.13 Å². The number of nitrogens with one attached hydrogen (secondary N) is 2. The maximum atomic E-state index is 4.09. The van der Waals surface area contributed by atoms with Gasteiger partial charge in [0.15, 0.2) is 5.16 Å². The molecule has 16 heavy (non-hydrogen) atoms. The molecule has 0 fully saturated rings. The first kappa shape index (κ1) is 11.3. The van der Waals surface area contributed by atoms with Gasteiger partial charge in [0.25, 0.3) is 0 Å². The van der Waals surface area contributed by atoms with Crippen molar-refractivity contribution in [2.24, 2.45) is 0 Å². The maximum Gasteiger partial charge on any atom is 0.205 e. The predicted octanol–water partition coefficient (Wildman–Crippen LogP) is 1.77. The highest BCUT2D eigenvalue weighted by atomic mass is 32.2. The second-order valence-electron chi connectivity index (χ2n) is 3.01. The molecule has 2 aromatic heterocycles. The van der Waals surface area contributed by atoms with Gasteiger partial charge in [-0.05, 0) is 6.42 Å². The number of H-pyrrole nitrogens is 1. The van der Waals surface area contributed by atoms with E-state index in [1.165, 1.54) is 6.33 Å². The highest BCUT2D eigenvalue weighted by molar-refractivity contribution is 7.98. The Kier molecular flexibility index (Phi) is 4.11. The van der Waals surface area contributed by atoms with Crippen molar-refractivity contribution in [2.45, 2.75) is 24.3 Å². The summed E-state index contributed by atoms with van der Waals surface area (Å²) in [4.78, 5) is 4.02. The number of hydrogen-bond donors (Lipinski definition) is 2. The van der Waals surface area contributed by atoms with E-state index in [0.717, 1.165) is 34.0 Å². The number of thioether (sulfide) groups is 1. The Morgan fingerprint density at radius 1 is 1.50 bits per heavy atom. The molecule has 0 aromatic carbocycles. The molecule has 0 aliphatic heterocycles. The van der Waals surface area contributed by atoms with Crippen molar-refractivity contribution >= 4 is 28.2 Å². The number of nitrogens with zero attached hydrogens (tertiary/aromatic N) is 4. The van der Waals surface area contributed by atoms with Crippen LogP contribution in [0.25, 0.3) is 0 Å². The lowest BCUT2D eigenvalue weighted by molar-refractivity contribution is 0.955. The van der Waals surface area contributed by atoms with Gasteiger partial charge in [0.2, 0.25) is 5.13 Å². The molecule has 0 atom stereocenters. The van der Waals surface area contributed by atoms with Gasteiger partial charge in [-0.2, -0.15) is 5.10 Å². The van der Waals surface area contributed by atoms with Crippen LogP contribution >= 0.6 is 23.1 Å². The van der Waals surface area contributed by atoms with Crippen molar-refractivity contribution in [3.63, 3.8) is 0 Å². The van der Waals surface area contributed by atoms with E-state index in [-0.39, 0.29) is 0 Å². The zero-order valence-corrected chi connectivity index (χ0v) is 10.4. The summed E-state index contributed by atoms with van der Waals surface area (Å²) in [5.41, 5.74) is 0. The van der Waals surface area contributed by atoms with E-state index in [0.29, 0.717) is 0 Å². The fourth-order valence-corrected chi connectivity index (χ4v) is 2.54. The molecule has 2 rings (SSSR count). The normalized spacial score (nSPS) is 10.6. The van der Waals surface area contributed by atoms with Gasteiger partial charge in [-0.3, -0.25) is 5.10 Å². The van der Waals surface area contributed by atoms with E-state index in [4.69, 9.17) is 0 Å². The van der Waals surface area contributed by atoms with Crippen LogP contribution in [-0.2, 0) is 5.75 Å². The van der Waals surface area contributed by atoms with Gasteiger partial charge in [-0.15, -0.1) is 10.2 Å². The van der Waals surface area contributed by atoms with Gasteiger partial charge < -0.3 is 5.32 Å². The number of anilines is 1. The quantitative estimate of drug-likeness (QED) is 0.767. The van der Waals surface area contributed by atoms with Gasteiger partial charge >= 0.3 is 0 Å². The smallest absolute Gasteiger partial charge is 0.205 e. The van der Waals surface area contributed by atoms with E-state index in [9.17, 15) is 0 Å². The molecule has 86 valence electrons. The molecule has 6 nitrogen and oxygen atoms in total. The van der Waals surface area contributed by atoms with Crippen LogP contribution in [0.5, 0.6) is 0 Å². The number of aromatic nitrogens is 5. The molecular formula is C8H12N6S2. The van der Waals surface area contributed by atoms with Crippen LogP contribution in [0, 0.1) is 0 Å². The number of hydrogen-bond acceptors (Lipinski definition) is 7. The standard InChI is InChI=1S/C8H12N6S2/c1-2-3-9-8-14-12-6(16-8)4-15-7-10-5-11-13-7/h5H,2-4H2,1H3,(H,9,14)(H,10,11,13). The minimum absolute atomic E-state index is 0.765. The van der Waals surface area contributed by atoms with Gasteiger partial charge in [-0.25, -0.2) is 4.98 Å². The molecule has 2 heterocycles. The molecule has 0 spiro atoms. The van der Waals surface area contributed by atoms with Crippen LogP contribution in [0.3, 0.4) is 0 Å². The predicted molar refractivity (Wildman–Crippen MR) is 64.6 cm³/mol. The molecule has 0 aliphatic carbocycles. The summed E-state index contributed by atoms with van der Waals surface area (Å²) in [5.74, 6) is 0.765. The van der Waals surface area contributed by atoms with Crippen LogP contribution in [0.1, 0.15) is 18.4 Å². The third kappa shape index (κ3) is 3.17. The average Bonchev–Trinajstić information content (AvgIpc) is 2.95. The largest absolute Gasteiger partial charge is 0.360 e. The van der Waals surface area contributed by atoms with E-state index in [1.54, 1.807) is 23.1 Å². The zero-order valence-electron chi connectivity index (χ0n) is 8.80. The Labute approximate surface area is 101 Å². The molecule has 0 unspecified atom stereocenters. The highest BCUT2D eigenvalue weighted by Crippen LogP contribution is 2.22. The Morgan fingerprint density at radius 3 is 3.19 bits per heavy atom. The van der Waals surface area contributed by atoms with Crippen molar-refractivity contribution in [1.29, 1.82) is 0 Å². The number of aromatic amines is 1. The zero-order chi connectivity index (χ0) is 11.2. The summed E-state index contributed by atoms with van der Waals surface area (Å²) in [6.07, 6.45) is 2.58. The van der Waals surface area contributed by atoms with Crippen LogP contribution in [0.2, 0.25) is 0 Å². The lowest BCUT2D eigenvalue weighted by Crippen LogP contribution is -1.98. The minimum Gasteiger partial charge on any atom is -0.360 e. The molecule has 0 radical (unpaired) electrons. The molecule has 0 bridgehead atoms. The third-order valence-electron chi connectivity index (χ3n) is 1.72. The topological polar surface area (TPSA) is 79.4 Å². The average molecular weight is 256 g/mol. The molecule has 0 saturated carbocycles.